The van der Waals surface area contributed by atoms with Crippen molar-refractivity contribution in [3.05, 3.63) is 0 Å². The zero-order valence-corrected chi connectivity index (χ0v) is 11.7. The van der Waals surface area contributed by atoms with Gasteiger partial charge in [0.05, 0.1) is 6.42 Å². The van der Waals surface area contributed by atoms with E-state index in [1.54, 1.807) is 11.8 Å². The number of carbonyl (C=O) groups is 2. The SMILES string of the molecule is CSCCNC(=O)NC(CC(=O)O)C(C)(C)C. The van der Waals surface area contributed by atoms with Gasteiger partial charge in [-0.05, 0) is 11.7 Å². The molecular weight excluding hydrogens is 240 g/mol. The van der Waals surface area contributed by atoms with Crippen LogP contribution in [0.4, 0.5) is 4.79 Å². The Bertz CT molecular complexity index is 264. The van der Waals surface area contributed by atoms with E-state index in [0.717, 1.165) is 5.75 Å². The highest BCUT2D eigenvalue weighted by Gasteiger charge is 2.28. The normalized spacial score (nSPS) is 12.9. The van der Waals surface area contributed by atoms with Crippen molar-refractivity contribution >= 4 is 23.8 Å². The van der Waals surface area contributed by atoms with Gasteiger partial charge in [-0.3, -0.25) is 4.79 Å². The largest absolute Gasteiger partial charge is 0.481 e. The Hall–Kier alpha value is -0.910. The summed E-state index contributed by atoms with van der Waals surface area (Å²) < 4.78 is 0. The fourth-order valence-corrected chi connectivity index (χ4v) is 1.53. The molecule has 0 aromatic carbocycles. The van der Waals surface area contributed by atoms with Gasteiger partial charge in [0.2, 0.25) is 0 Å². The number of hydrogen-bond donors (Lipinski definition) is 3. The smallest absolute Gasteiger partial charge is 0.315 e. The van der Waals surface area contributed by atoms with E-state index in [1.165, 1.54) is 0 Å². The minimum atomic E-state index is -0.908. The van der Waals surface area contributed by atoms with E-state index < -0.39 is 5.97 Å². The lowest BCUT2D eigenvalue weighted by Gasteiger charge is -2.30. The van der Waals surface area contributed by atoms with Crippen LogP contribution in [0.15, 0.2) is 0 Å². The second kappa shape index (κ2) is 7.42. The molecule has 0 fully saturated rings. The molecule has 17 heavy (non-hydrogen) atoms. The van der Waals surface area contributed by atoms with Crippen molar-refractivity contribution in [3.8, 4) is 0 Å². The van der Waals surface area contributed by atoms with Crippen LogP contribution in [0, 0.1) is 5.41 Å². The van der Waals surface area contributed by atoms with Crippen molar-refractivity contribution < 1.29 is 14.7 Å². The minimum absolute atomic E-state index is 0.0700. The van der Waals surface area contributed by atoms with Crippen molar-refractivity contribution in [1.29, 1.82) is 0 Å². The lowest BCUT2D eigenvalue weighted by molar-refractivity contribution is -0.138. The molecule has 0 bridgehead atoms. The van der Waals surface area contributed by atoms with E-state index >= 15 is 0 Å². The molecule has 0 aliphatic heterocycles. The summed E-state index contributed by atoms with van der Waals surface area (Å²) in [7, 11) is 0. The predicted octanol–water partition coefficient (Wildman–Crippen LogP) is 1.54. The Balaban J connectivity index is 4.24. The maximum absolute atomic E-state index is 11.5. The monoisotopic (exact) mass is 262 g/mol. The summed E-state index contributed by atoms with van der Waals surface area (Å²) in [6, 6.07) is -0.686. The number of urea groups is 1. The summed E-state index contributed by atoms with van der Waals surface area (Å²) in [6.07, 6.45) is 1.89. The van der Waals surface area contributed by atoms with Gasteiger partial charge < -0.3 is 15.7 Å². The van der Waals surface area contributed by atoms with E-state index in [2.05, 4.69) is 10.6 Å². The van der Waals surface area contributed by atoms with Crippen LogP contribution >= 0.6 is 11.8 Å². The van der Waals surface area contributed by atoms with Gasteiger partial charge >= 0.3 is 12.0 Å². The first-order valence-corrected chi connectivity index (χ1v) is 6.92. The quantitative estimate of drug-likeness (QED) is 0.634. The summed E-state index contributed by atoms with van der Waals surface area (Å²) in [6.45, 7) is 6.30. The van der Waals surface area contributed by atoms with Crippen LogP contribution in [0.3, 0.4) is 0 Å². The lowest BCUT2D eigenvalue weighted by Crippen LogP contribution is -2.49. The van der Waals surface area contributed by atoms with E-state index in [4.69, 9.17) is 5.11 Å². The molecule has 0 aromatic heterocycles. The molecule has 0 heterocycles. The van der Waals surface area contributed by atoms with Gasteiger partial charge in [0.25, 0.3) is 0 Å². The molecule has 3 N–H and O–H groups in total. The Kier molecular flexibility index (Phi) is 7.03. The Morgan fingerprint density at radius 1 is 1.35 bits per heavy atom. The number of carbonyl (C=O) groups excluding carboxylic acids is 1. The lowest BCUT2D eigenvalue weighted by atomic mass is 9.85. The Morgan fingerprint density at radius 3 is 2.35 bits per heavy atom. The van der Waals surface area contributed by atoms with E-state index in [1.807, 2.05) is 27.0 Å². The van der Waals surface area contributed by atoms with E-state index in [-0.39, 0.29) is 23.9 Å². The van der Waals surface area contributed by atoms with Crippen molar-refractivity contribution in [2.24, 2.45) is 5.41 Å². The van der Waals surface area contributed by atoms with Crippen LogP contribution in [0.1, 0.15) is 27.2 Å². The predicted molar refractivity (Wildman–Crippen MR) is 70.4 cm³/mol. The minimum Gasteiger partial charge on any atom is -0.481 e. The zero-order valence-electron chi connectivity index (χ0n) is 10.9. The molecule has 0 saturated heterocycles. The molecule has 6 heteroatoms. The van der Waals surface area contributed by atoms with Crippen molar-refractivity contribution in [1.82, 2.24) is 10.6 Å². The summed E-state index contributed by atoms with van der Waals surface area (Å²) in [5.74, 6) is -0.0682. The van der Waals surface area contributed by atoms with Gasteiger partial charge in [0.15, 0.2) is 0 Å². The third-order valence-corrected chi connectivity index (χ3v) is 2.93. The number of nitrogens with one attached hydrogen (secondary N) is 2. The molecule has 2 amide bonds. The average molecular weight is 262 g/mol. The molecule has 0 aliphatic rings. The summed E-state index contributed by atoms with van der Waals surface area (Å²) in [5.41, 5.74) is -0.283. The molecule has 5 nitrogen and oxygen atoms in total. The van der Waals surface area contributed by atoms with Crippen LogP contribution in [-0.2, 0) is 4.79 Å². The Morgan fingerprint density at radius 2 is 1.94 bits per heavy atom. The zero-order chi connectivity index (χ0) is 13.5. The van der Waals surface area contributed by atoms with Crippen LogP contribution in [0.2, 0.25) is 0 Å². The van der Waals surface area contributed by atoms with Gasteiger partial charge in [0.1, 0.15) is 0 Å². The standard InChI is InChI=1S/C11H22N2O3S/c1-11(2,3)8(7-9(14)15)13-10(16)12-5-6-17-4/h8H,5-7H2,1-4H3,(H,14,15)(H2,12,13,16). The van der Waals surface area contributed by atoms with Crippen LogP contribution in [-0.4, -0.2) is 41.7 Å². The first kappa shape index (κ1) is 16.1. The molecule has 1 unspecified atom stereocenters. The highest BCUT2D eigenvalue weighted by molar-refractivity contribution is 7.98. The molecule has 0 spiro atoms. The van der Waals surface area contributed by atoms with Gasteiger partial charge in [-0.15, -0.1) is 0 Å². The second-order valence-electron chi connectivity index (χ2n) is 4.91. The fraction of sp³-hybridized carbons (Fsp3) is 0.818. The van der Waals surface area contributed by atoms with E-state index in [9.17, 15) is 9.59 Å². The number of thioether (sulfide) groups is 1. The first-order valence-electron chi connectivity index (χ1n) is 5.52. The molecule has 0 aliphatic carbocycles. The average Bonchev–Trinajstić information content (AvgIpc) is 2.15. The van der Waals surface area contributed by atoms with Gasteiger partial charge in [-0.2, -0.15) is 11.8 Å². The number of carboxylic acid groups (broad SMARTS) is 1. The maximum Gasteiger partial charge on any atom is 0.315 e. The molecule has 0 radical (unpaired) electrons. The Labute approximate surface area is 107 Å². The van der Waals surface area contributed by atoms with Crippen LogP contribution in [0.5, 0.6) is 0 Å². The molecular formula is C11H22N2O3S. The van der Waals surface area contributed by atoms with Crippen LogP contribution < -0.4 is 10.6 Å². The first-order chi connectivity index (χ1) is 7.77. The van der Waals surface area contributed by atoms with E-state index in [0.29, 0.717) is 6.54 Å². The third-order valence-electron chi connectivity index (χ3n) is 2.32. The molecule has 0 aromatic rings. The summed E-state index contributed by atoms with van der Waals surface area (Å²) in [5, 5.41) is 14.2. The second-order valence-corrected chi connectivity index (χ2v) is 5.90. The molecule has 100 valence electrons. The summed E-state index contributed by atoms with van der Waals surface area (Å²) >= 11 is 1.64. The number of rotatable bonds is 6. The van der Waals surface area contributed by atoms with Crippen LogP contribution in [0.25, 0.3) is 0 Å². The number of amides is 2. The third kappa shape index (κ3) is 7.90. The maximum atomic E-state index is 11.5. The summed E-state index contributed by atoms with van der Waals surface area (Å²) in [4.78, 5) is 22.3. The van der Waals surface area contributed by atoms with Gasteiger partial charge in [-0.25, -0.2) is 4.79 Å². The number of carboxylic acids is 1. The molecule has 1 atom stereocenters. The van der Waals surface area contributed by atoms with Crippen molar-refractivity contribution in [2.75, 3.05) is 18.6 Å². The topological polar surface area (TPSA) is 78.4 Å². The highest BCUT2D eigenvalue weighted by atomic mass is 32.2. The fourth-order valence-electron chi connectivity index (χ4n) is 1.22. The molecule has 0 saturated carbocycles. The van der Waals surface area contributed by atoms with Gasteiger partial charge in [0, 0.05) is 18.3 Å². The highest BCUT2D eigenvalue weighted by Crippen LogP contribution is 2.21. The van der Waals surface area contributed by atoms with Crippen molar-refractivity contribution in [3.63, 3.8) is 0 Å². The number of aliphatic carboxylic acids is 1. The molecule has 0 rings (SSSR count). The van der Waals surface area contributed by atoms with Gasteiger partial charge in [-0.1, -0.05) is 20.8 Å². The van der Waals surface area contributed by atoms with Crippen molar-refractivity contribution in [2.45, 2.75) is 33.2 Å². The number of hydrogen-bond acceptors (Lipinski definition) is 3.